The zero-order valence-corrected chi connectivity index (χ0v) is 16.5. The summed E-state index contributed by atoms with van der Waals surface area (Å²) in [5.41, 5.74) is 2.66. The van der Waals surface area contributed by atoms with E-state index < -0.39 is 0 Å². The molecule has 0 spiro atoms. The topological polar surface area (TPSA) is 79.5 Å². The van der Waals surface area contributed by atoms with Crippen molar-refractivity contribution in [3.63, 3.8) is 0 Å². The first-order valence-corrected chi connectivity index (χ1v) is 9.61. The molecule has 1 saturated heterocycles. The van der Waals surface area contributed by atoms with E-state index in [1.54, 1.807) is 36.4 Å². The Morgan fingerprint density at radius 2 is 1.86 bits per heavy atom. The van der Waals surface area contributed by atoms with E-state index in [0.717, 1.165) is 25.0 Å². The number of hydrogen-bond donors (Lipinski definition) is 3. The Morgan fingerprint density at radius 1 is 1.11 bits per heavy atom. The first-order valence-electron chi connectivity index (χ1n) is 9.20. The van der Waals surface area contributed by atoms with Gasteiger partial charge in [0.25, 0.3) is 11.8 Å². The minimum atomic E-state index is -0.285. The monoisotopic (exact) mass is 397 g/mol. The van der Waals surface area contributed by atoms with Crippen molar-refractivity contribution in [2.75, 3.05) is 18.5 Å². The molecule has 1 aliphatic heterocycles. The maximum atomic E-state index is 12.3. The predicted octanol–water partition coefficient (Wildman–Crippen LogP) is 3.03. The number of thiocarbonyl (C=S) groups is 1. The van der Waals surface area contributed by atoms with Crippen molar-refractivity contribution in [1.82, 2.24) is 10.6 Å². The van der Waals surface area contributed by atoms with Gasteiger partial charge in [-0.15, -0.1) is 0 Å². The zero-order chi connectivity index (χ0) is 19.9. The molecule has 0 aliphatic carbocycles. The minimum absolute atomic E-state index is 0.0923. The molecule has 1 aliphatic rings. The highest BCUT2D eigenvalue weighted by atomic mass is 32.1. The van der Waals surface area contributed by atoms with Crippen molar-refractivity contribution in [1.29, 1.82) is 0 Å². The quantitative estimate of drug-likeness (QED) is 0.676. The number of rotatable bonds is 5. The molecule has 0 saturated carbocycles. The Labute approximate surface area is 169 Å². The van der Waals surface area contributed by atoms with Crippen LogP contribution < -0.4 is 16.0 Å². The summed E-state index contributed by atoms with van der Waals surface area (Å²) in [5.74, 6) is -0.458. The van der Waals surface area contributed by atoms with E-state index in [1.165, 1.54) is 0 Å². The summed E-state index contributed by atoms with van der Waals surface area (Å²) < 4.78 is 5.51. The van der Waals surface area contributed by atoms with Gasteiger partial charge < -0.3 is 15.4 Å². The van der Waals surface area contributed by atoms with Gasteiger partial charge in [-0.2, -0.15) is 0 Å². The number of carbonyl (C=O) groups is 2. The number of carbonyl (C=O) groups excluding carboxylic acids is 2. The molecule has 0 aromatic heterocycles. The second-order valence-corrected chi connectivity index (χ2v) is 7.11. The molecule has 2 amide bonds. The van der Waals surface area contributed by atoms with Crippen LogP contribution in [0.15, 0.2) is 48.5 Å². The molecule has 1 heterocycles. The van der Waals surface area contributed by atoms with Crippen LogP contribution in [-0.4, -0.2) is 36.2 Å². The van der Waals surface area contributed by atoms with E-state index in [0.29, 0.717) is 23.4 Å². The standard InChI is InChI=1S/C21H23N3O3S/c1-14-5-2-6-15(11-14)20(26)24-21(28)23-17-8-3-7-16(12-17)19(25)22-13-18-9-4-10-27-18/h2-3,5-8,11-12,18H,4,9-10,13H2,1H3,(H,22,25)(H2,23,24,26,28). The van der Waals surface area contributed by atoms with E-state index >= 15 is 0 Å². The van der Waals surface area contributed by atoms with E-state index in [9.17, 15) is 9.59 Å². The van der Waals surface area contributed by atoms with Gasteiger partial charge in [-0.05, 0) is 62.3 Å². The molecule has 3 N–H and O–H groups in total. The number of anilines is 1. The molecule has 0 bridgehead atoms. The first kappa shape index (κ1) is 20.0. The van der Waals surface area contributed by atoms with E-state index in [1.807, 2.05) is 19.1 Å². The van der Waals surface area contributed by atoms with Crippen LogP contribution in [-0.2, 0) is 4.74 Å². The molecule has 0 radical (unpaired) electrons. The molecule has 1 fully saturated rings. The largest absolute Gasteiger partial charge is 0.376 e. The third-order valence-corrected chi connectivity index (χ3v) is 4.61. The van der Waals surface area contributed by atoms with Gasteiger partial charge in [-0.3, -0.25) is 14.9 Å². The number of amides is 2. The summed E-state index contributed by atoms with van der Waals surface area (Å²) in [6, 6.07) is 14.2. The molecule has 146 valence electrons. The average Bonchev–Trinajstić information content (AvgIpc) is 3.20. The van der Waals surface area contributed by atoms with Crippen LogP contribution in [0.3, 0.4) is 0 Å². The van der Waals surface area contributed by atoms with Crippen LogP contribution in [0.5, 0.6) is 0 Å². The summed E-state index contributed by atoms with van der Waals surface area (Å²) in [6.07, 6.45) is 2.09. The number of hydrogen-bond acceptors (Lipinski definition) is 4. The Bertz CT molecular complexity index is 879. The molecule has 7 heteroatoms. The van der Waals surface area contributed by atoms with Crippen molar-refractivity contribution >= 4 is 34.8 Å². The van der Waals surface area contributed by atoms with Gasteiger partial charge >= 0.3 is 0 Å². The van der Waals surface area contributed by atoms with Crippen LogP contribution in [0, 0.1) is 6.92 Å². The van der Waals surface area contributed by atoms with Gasteiger partial charge in [-0.1, -0.05) is 23.8 Å². The first-order chi connectivity index (χ1) is 13.5. The lowest BCUT2D eigenvalue weighted by Gasteiger charge is -2.13. The lowest BCUT2D eigenvalue weighted by molar-refractivity contribution is 0.0857. The van der Waals surface area contributed by atoms with Gasteiger partial charge in [0.2, 0.25) is 0 Å². The Morgan fingerprint density at radius 3 is 2.57 bits per heavy atom. The summed E-state index contributed by atoms with van der Waals surface area (Å²) in [4.78, 5) is 24.6. The molecule has 6 nitrogen and oxygen atoms in total. The molecule has 1 unspecified atom stereocenters. The van der Waals surface area contributed by atoms with Gasteiger partial charge in [0.15, 0.2) is 5.11 Å². The van der Waals surface area contributed by atoms with Gasteiger partial charge in [0.05, 0.1) is 6.10 Å². The third-order valence-electron chi connectivity index (χ3n) is 4.40. The fraction of sp³-hybridized carbons (Fsp3) is 0.286. The Hall–Kier alpha value is -2.77. The SMILES string of the molecule is Cc1cccc(C(=O)NC(=S)Nc2cccc(C(=O)NCC3CCCO3)c2)c1. The van der Waals surface area contributed by atoms with E-state index in [2.05, 4.69) is 16.0 Å². The van der Waals surface area contributed by atoms with Crippen molar-refractivity contribution in [3.8, 4) is 0 Å². The number of nitrogens with one attached hydrogen (secondary N) is 3. The zero-order valence-electron chi connectivity index (χ0n) is 15.7. The molecule has 2 aromatic carbocycles. The number of benzene rings is 2. The van der Waals surface area contributed by atoms with Crippen LogP contribution >= 0.6 is 12.2 Å². The third kappa shape index (κ3) is 5.61. The molecule has 1 atom stereocenters. The van der Waals surface area contributed by atoms with Crippen LogP contribution in [0.4, 0.5) is 5.69 Å². The molecule has 2 aromatic rings. The lowest BCUT2D eigenvalue weighted by atomic mass is 10.1. The highest BCUT2D eigenvalue weighted by molar-refractivity contribution is 7.80. The van der Waals surface area contributed by atoms with Crippen LogP contribution in [0.1, 0.15) is 39.1 Å². The summed E-state index contributed by atoms with van der Waals surface area (Å²) in [7, 11) is 0. The second-order valence-electron chi connectivity index (χ2n) is 6.70. The minimum Gasteiger partial charge on any atom is -0.376 e. The highest BCUT2D eigenvalue weighted by Gasteiger charge is 2.17. The highest BCUT2D eigenvalue weighted by Crippen LogP contribution is 2.13. The Kier molecular flexibility index (Phi) is 6.73. The van der Waals surface area contributed by atoms with Crippen LogP contribution in [0.2, 0.25) is 0 Å². The predicted molar refractivity (Wildman–Crippen MR) is 113 cm³/mol. The Balaban J connectivity index is 1.55. The van der Waals surface area contributed by atoms with E-state index in [4.69, 9.17) is 17.0 Å². The van der Waals surface area contributed by atoms with Crippen molar-refractivity contribution < 1.29 is 14.3 Å². The fourth-order valence-electron chi connectivity index (χ4n) is 2.98. The fourth-order valence-corrected chi connectivity index (χ4v) is 3.19. The maximum Gasteiger partial charge on any atom is 0.257 e. The smallest absolute Gasteiger partial charge is 0.257 e. The maximum absolute atomic E-state index is 12.3. The number of aryl methyl sites for hydroxylation is 1. The van der Waals surface area contributed by atoms with Crippen molar-refractivity contribution in [2.45, 2.75) is 25.9 Å². The second kappa shape index (κ2) is 9.43. The number of ether oxygens (including phenoxy) is 1. The normalized spacial score (nSPS) is 15.7. The van der Waals surface area contributed by atoms with Crippen molar-refractivity contribution in [2.24, 2.45) is 0 Å². The molecular weight excluding hydrogens is 374 g/mol. The molecule has 3 rings (SSSR count). The van der Waals surface area contributed by atoms with Gasteiger partial charge in [0.1, 0.15) is 0 Å². The van der Waals surface area contributed by atoms with Crippen LogP contribution in [0.25, 0.3) is 0 Å². The molecule has 28 heavy (non-hydrogen) atoms. The summed E-state index contributed by atoms with van der Waals surface area (Å²) in [6.45, 7) is 3.18. The van der Waals surface area contributed by atoms with E-state index in [-0.39, 0.29) is 23.0 Å². The van der Waals surface area contributed by atoms with Gasteiger partial charge in [-0.25, -0.2) is 0 Å². The van der Waals surface area contributed by atoms with Crippen molar-refractivity contribution in [3.05, 3.63) is 65.2 Å². The van der Waals surface area contributed by atoms with Gasteiger partial charge in [0, 0.05) is 30.0 Å². The average molecular weight is 398 g/mol. The molecular formula is C21H23N3O3S. The summed E-state index contributed by atoms with van der Waals surface area (Å²) >= 11 is 5.22. The lowest BCUT2D eigenvalue weighted by Crippen LogP contribution is -2.34. The summed E-state index contributed by atoms with van der Waals surface area (Å²) in [5, 5.41) is 8.65.